The smallest absolute Gasteiger partial charge is 0.306 e. The Labute approximate surface area is 105 Å². The topological polar surface area (TPSA) is 55.8 Å². The van der Waals surface area contributed by atoms with Gasteiger partial charge in [-0.1, -0.05) is 24.6 Å². The van der Waals surface area contributed by atoms with Crippen molar-refractivity contribution in [2.45, 2.75) is 13.3 Å². The number of benzene rings is 1. The lowest BCUT2D eigenvalue weighted by Crippen LogP contribution is -2.13. The number of carboxylic acid groups (broad SMARTS) is 1. The monoisotopic (exact) mass is 258 g/mol. The lowest BCUT2D eigenvalue weighted by molar-refractivity contribution is -0.141. The second kappa shape index (κ2) is 5.77. The van der Waals surface area contributed by atoms with E-state index in [9.17, 15) is 4.79 Å². The molecular weight excluding hydrogens is 244 g/mol. The highest BCUT2D eigenvalue weighted by molar-refractivity contribution is 6.33. The highest BCUT2D eigenvalue weighted by atomic mass is 35.5. The van der Waals surface area contributed by atoms with E-state index in [0.29, 0.717) is 22.9 Å². The van der Waals surface area contributed by atoms with Crippen molar-refractivity contribution >= 4 is 17.6 Å². The molecule has 1 N–H and O–H groups in total. The zero-order valence-corrected chi connectivity index (χ0v) is 10.7. The van der Waals surface area contributed by atoms with Crippen LogP contribution in [0.4, 0.5) is 0 Å². The van der Waals surface area contributed by atoms with Crippen molar-refractivity contribution in [1.29, 1.82) is 0 Å². The van der Waals surface area contributed by atoms with E-state index >= 15 is 0 Å². The fourth-order valence-corrected chi connectivity index (χ4v) is 1.87. The molecule has 0 heterocycles. The van der Waals surface area contributed by atoms with Crippen LogP contribution in [0.3, 0.4) is 0 Å². The summed E-state index contributed by atoms with van der Waals surface area (Å²) in [6.07, 6.45) is 0.363. The Balaban J connectivity index is 3.08. The molecule has 1 aromatic rings. The Bertz CT molecular complexity index is 417. The van der Waals surface area contributed by atoms with Crippen LogP contribution in [-0.2, 0) is 11.2 Å². The van der Waals surface area contributed by atoms with Crippen molar-refractivity contribution in [3.8, 4) is 11.5 Å². The minimum Gasteiger partial charge on any atom is -0.495 e. The normalized spacial score (nSPS) is 12.0. The molecule has 94 valence electrons. The third-order valence-corrected chi connectivity index (χ3v) is 2.87. The van der Waals surface area contributed by atoms with Crippen molar-refractivity contribution in [1.82, 2.24) is 0 Å². The fourth-order valence-electron chi connectivity index (χ4n) is 1.53. The molecule has 17 heavy (non-hydrogen) atoms. The molecule has 0 aliphatic rings. The first-order valence-corrected chi connectivity index (χ1v) is 5.51. The number of aliphatic carboxylic acids is 1. The molecule has 4 nitrogen and oxygen atoms in total. The molecular formula is C12H15ClO4. The van der Waals surface area contributed by atoms with Gasteiger partial charge in [0.15, 0.2) is 0 Å². The van der Waals surface area contributed by atoms with Crippen LogP contribution in [0.25, 0.3) is 0 Å². The van der Waals surface area contributed by atoms with Crippen molar-refractivity contribution < 1.29 is 19.4 Å². The minimum atomic E-state index is -0.848. The second-order valence-corrected chi connectivity index (χ2v) is 4.10. The van der Waals surface area contributed by atoms with Gasteiger partial charge in [0.1, 0.15) is 16.5 Å². The number of carbonyl (C=O) groups is 1. The van der Waals surface area contributed by atoms with Crippen LogP contribution in [0.1, 0.15) is 12.5 Å². The summed E-state index contributed by atoms with van der Waals surface area (Å²) in [6.45, 7) is 1.64. The van der Waals surface area contributed by atoms with Crippen LogP contribution in [0.2, 0.25) is 5.02 Å². The van der Waals surface area contributed by atoms with E-state index in [4.69, 9.17) is 26.2 Å². The highest BCUT2D eigenvalue weighted by Gasteiger charge is 2.18. The number of rotatable bonds is 5. The Kier molecular flexibility index (Phi) is 4.63. The molecule has 0 saturated carbocycles. The van der Waals surface area contributed by atoms with Gasteiger partial charge in [-0.25, -0.2) is 0 Å². The number of hydrogen-bond acceptors (Lipinski definition) is 3. The largest absolute Gasteiger partial charge is 0.495 e. The Morgan fingerprint density at radius 2 is 2.06 bits per heavy atom. The van der Waals surface area contributed by atoms with Gasteiger partial charge in [-0.2, -0.15) is 0 Å². The van der Waals surface area contributed by atoms with Gasteiger partial charge in [0, 0.05) is 0 Å². The standard InChI is InChI=1S/C12H15ClO4/c1-7(12(14)15)6-8-4-5-9(16-2)10(13)11(8)17-3/h4-5,7H,6H2,1-3H3,(H,14,15). The SMILES string of the molecule is COc1ccc(CC(C)C(=O)O)c(OC)c1Cl. The molecule has 1 rings (SSSR count). The predicted octanol–water partition coefficient (Wildman–Crippen LogP) is 2.62. The summed E-state index contributed by atoms with van der Waals surface area (Å²) in [5, 5.41) is 9.24. The predicted molar refractivity (Wildman–Crippen MR) is 65.1 cm³/mol. The van der Waals surface area contributed by atoms with Gasteiger partial charge in [0.2, 0.25) is 0 Å². The number of hydrogen-bond donors (Lipinski definition) is 1. The van der Waals surface area contributed by atoms with E-state index in [1.807, 2.05) is 0 Å². The average molecular weight is 259 g/mol. The molecule has 0 aliphatic heterocycles. The minimum absolute atomic E-state index is 0.363. The van der Waals surface area contributed by atoms with E-state index in [-0.39, 0.29) is 0 Å². The summed E-state index contributed by atoms with van der Waals surface area (Å²) in [5.41, 5.74) is 0.758. The number of ether oxygens (including phenoxy) is 2. The Morgan fingerprint density at radius 3 is 2.53 bits per heavy atom. The molecule has 0 fully saturated rings. The molecule has 0 aliphatic carbocycles. The first kappa shape index (κ1) is 13.6. The maximum atomic E-state index is 10.8. The molecule has 0 amide bonds. The zero-order chi connectivity index (χ0) is 13.0. The van der Waals surface area contributed by atoms with Crippen molar-refractivity contribution in [3.05, 3.63) is 22.7 Å². The third-order valence-electron chi connectivity index (χ3n) is 2.51. The van der Waals surface area contributed by atoms with Gasteiger partial charge in [0.05, 0.1) is 20.1 Å². The molecule has 0 saturated heterocycles. The first-order chi connectivity index (χ1) is 8.01. The van der Waals surface area contributed by atoms with Crippen LogP contribution in [0.5, 0.6) is 11.5 Å². The van der Waals surface area contributed by atoms with Crippen LogP contribution < -0.4 is 9.47 Å². The molecule has 0 aromatic heterocycles. The van der Waals surface area contributed by atoms with Gasteiger partial charge in [0.25, 0.3) is 0 Å². The summed E-state index contributed by atoms with van der Waals surface area (Å²) < 4.78 is 10.3. The van der Waals surface area contributed by atoms with Crippen molar-refractivity contribution in [3.63, 3.8) is 0 Å². The van der Waals surface area contributed by atoms with Crippen molar-refractivity contribution in [2.24, 2.45) is 5.92 Å². The lowest BCUT2D eigenvalue weighted by Gasteiger charge is -2.14. The van der Waals surface area contributed by atoms with Crippen LogP contribution in [0, 0.1) is 5.92 Å². The first-order valence-electron chi connectivity index (χ1n) is 5.13. The molecule has 1 unspecified atom stereocenters. The quantitative estimate of drug-likeness (QED) is 0.882. The Morgan fingerprint density at radius 1 is 1.41 bits per heavy atom. The molecule has 5 heteroatoms. The number of carboxylic acids is 1. The third kappa shape index (κ3) is 3.03. The summed E-state index contributed by atoms with van der Waals surface area (Å²) in [4.78, 5) is 10.8. The summed E-state index contributed by atoms with van der Waals surface area (Å²) >= 11 is 6.08. The number of methoxy groups -OCH3 is 2. The molecule has 0 spiro atoms. The van der Waals surface area contributed by atoms with Crippen molar-refractivity contribution in [2.75, 3.05) is 14.2 Å². The van der Waals surface area contributed by atoms with E-state index in [1.54, 1.807) is 19.1 Å². The van der Waals surface area contributed by atoms with Crippen LogP contribution in [0.15, 0.2) is 12.1 Å². The molecule has 1 atom stereocenters. The van der Waals surface area contributed by atoms with E-state index in [0.717, 1.165) is 5.56 Å². The van der Waals surface area contributed by atoms with Gasteiger partial charge < -0.3 is 14.6 Å². The summed E-state index contributed by atoms with van der Waals surface area (Å²) in [7, 11) is 3.01. The van der Waals surface area contributed by atoms with Gasteiger partial charge in [-0.05, 0) is 18.1 Å². The maximum Gasteiger partial charge on any atom is 0.306 e. The van der Waals surface area contributed by atoms with Crippen LogP contribution >= 0.6 is 11.6 Å². The summed E-state index contributed by atoms with van der Waals surface area (Å²) in [6, 6.07) is 3.47. The second-order valence-electron chi connectivity index (χ2n) is 3.72. The lowest BCUT2D eigenvalue weighted by atomic mass is 10.0. The average Bonchev–Trinajstić information content (AvgIpc) is 2.29. The van der Waals surface area contributed by atoms with E-state index < -0.39 is 11.9 Å². The fraction of sp³-hybridized carbons (Fsp3) is 0.417. The highest BCUT2D eigenvalue weighted by Crippen LogP contribution is 2.37. The van der Waals surface area contributed by atoms with E-state index in [1.165, 1.54) is 14.2 Å². The maximum absolute atomic E-state index is 10.8. The van der Waals surface area contributed by atoms with Gasteiger partial charge >= 0.3 is 5.97 Å². The zero-order valence-electron chi connectivity index (χ0n) is 9.99. The molecule has 1 aromatic carbocycles. The Hall–Kier alpha value is -1.42. The van der Waals surface area contributed by atoms with Gasteiger partial charge in [-0.3, -0.25) is 4.79 Å². The number of halogens is 1. The molecule has 0 radical (unpaired) electrons. The summed E-state index contributed by atoms with van der Waals surface area (Å²) in [5.74, 6) is -0.360. The van der Waals surface area contributed by atoms with E-state index in [2.05, 4.69) is 0 Å². The molecule has 0 bridgehead atoms. The van der Waals surface area contributed by atoms with Gasteiger partial charge in [-0.15, -0.1) is 0 Å². The van der Waals surface area contributed by atoms with Crippen LogP contribution in [-0.4, -0.2) is 25.3 Å².